The second kappa shape index (κ2) is 11.6. The molecule has 0 atom stereocenters. The topological polar surface area (TPSA) is 82.5 Å². The lowest BCUT2D eigenvalue weighted by Gasteiger charge is -2.34. The molecule has 7 nitrogen and oxygen atoms in total. The summed E-state index contributed by atoms with van der Waals surface area (Å²) in [6.07, 6.45) is 13.5. The lowest BCUT2D eigenvalue weighted by Crippen LogP contribution is -2.36. The molecule has 190 valence electrons. The van der Waals surface area contributed by atoms with Crippen molar-refractivity contribution >= 4 is 17.5 Å². The van der Waals surface area contributed by atoms with Gasteiger partial charge in [0, 0.05) is 36.1 Å². The van der Waals surface area contributed by atoms with Gasteiger partial charge in [-0.05, 0) is 88.4 Å². The molecule has 2 aliphatic carbocycles. The molecule has 35 heavy (non-hydrogen) atoms. The number of nitrogens with zero attached hydrogens (tertiary/aromatic N) is 3. The molecule has 2 saturated carbocycles. The Morgan fingerprint density at radius 2 is 1.80 bits per heavy atom. The van der Waals surface area contributed by atoms with Crippen LogP contribution in [0.3, 0.4) is 0 Å². The third-order valence-electron chi connectivity index (χ3n) is 8.20. The van der Waals surface area contributed by atoms with E-state index in [2.05, 4.69) is 15.5 Å². The Morgan fingerprint density at radius 1 is 1.03 bits per heavy atom. The van der Waals surface area contributed by atoms with Gasteiger partial charge in [0.2, 0.25) is 5.95 Å². The number of methoxy groups -OCH3 is 1. The van der Waals surface area contributed by atoms with Crippen LogP contribution in [0.2, 0.25) is 0 Å². The highest BCUT2D eigenvalue weighted by atomic mass is 16.5. The van der Waals surface area contributed by atoms with Gasteiger partial charge in [0.15, 0.2) is 0 Å². The average molecular weight is 480 g/mol. The molecule has 0 radical (unpaired) electrons. The normalized spacial score (nSPS) is 24.4. The standard InChI is InChI=1S/C28H41N5O2/c1-35-25-8-4-7-23(17-25)31-28-29-18-26(27(32-28)30-22-9-11-24(34)12-10-22)21-13-15-33(16-14-21)19-20-5-2-3-6-20/h4,7-8,17-18,20-22,24,34H,2-3,5-6,9-16,19H2,1H3,(H2,29,30,31,32). The van der Waals surface area contributed by atoms with Gasteiger partial charge in [0.25, 0.3) is 0 Å². The molecule has 3 aliphatic rings. The summed E-state index contributed by atoms with van der Waals surface area (Å²) in [6.45, 7) is 3.61. The maximum absolute atomic E-state index is 9.95. The maximum Gasteiger partial charge on any atom is 0.229 e. The number of aliphatic hydroxyl groups is 1. The minimum atomic E-state index is -0.160. The van der Waals surface area contributed by atoms with Crippen LogP contribution in [0.1, 0.15) is 75.7 Å². The molecule has 0 unspecified atom stereocenters. The van der Waals surface area contributed by atoms with Crippen LogP contribution in [0.25, 0.3) is 0 Å². The van der Waals surface area contributed by atoms with Crippen molar-refractivity contribution in [2.24, 2.45) is 5.92 Å². The fraction of sp³-hybridized carbons (Fsp3) is 0.643. The number of anilines is 3. The minimum Gasteiger partial charge on any atom is -0.497 e. The van der Waals surface area contributed by atoms with Crippen LogP contribution >= 0.6 is 0 Å². The highest BCUT2D eigenvalue weighted by Crippen LogP contribution is 2.35. The third-order valence-corrected chi connectivity index (χ3v) is 8.20. The van der Waals surface area contributed by atoms with Crippen LogP contribution in [0.5, 0.6) is 5.75 Å². The Kier molecular flexibility index (Phi) is 8.04. The lowest BCUT2D eigenvalue weighted by molar-refractivity contribution is 0.126. The maximum atomic E-state index is 9.95. The molecule has 1 aliphatic heterocycles. The lowest BCUT2D eigenvalue weighted by atomic mass is 9.89. The number of nitrogens with one attached hydrogen (secondary N) is 2. The largest absolute Gasteiger partial charge is 0.497 e. The number of likely N-dealkylation sites (tertiary alicyclic amines) is 1. The molecule has 3 N–H and O–H groups in total. The number of benzene rings is 1. The van der Waals surface area contributed by atoms with Crippen LogP contribution in [-0.2, 0) is 0 Å². The molecular formula is C28H41N5O2. The van der Waals surface area contributed by atoms with Crippen molar-refractivity contribution in [3.63, 3.8) is 0 Å². The molecule has 7 heteroatoms. The molecule has 5 rings (SSSR count). The van der Waals surface area contributed by atoms with Gasteiger partial charge in [0.05, 0.1) is 13.2 Å². The van der Waals surface area contributed by atoms with E-state index in [4.69, 9.17) is 14.7 Å². The molecule has 1 saturated heterocycles. The Hall–Kier alpha value is -2.38. The van der Waals surface area contributed by atoms with Crippen LogP contribution in [0.15, 0.2) is 30.5 Å². The summed E-state index contributed by atoms with van der Waals surface area (Å²) in [5, 5.41) is 17.0. The summed E-state index contributed by atoms with van der Waals surface area (Å²) < 4.78 is 5.36. The summed E-state index contributed by atoms with van der Waals surface area (Å²) in [5.74, 6) is 3.75. The first-order valence-corrected chi connectivity index (χ1v) is 13.6. The summed E-state index contributed by atoms with van der Waals surface area (Å²) >= 11 is 0. The summed E-state index contributed by atoms with van der Waals surface area (Å²) in [5.41, 5.74) is 2.15. The number of aliphatic hydroxyl groups excluding tert-OH is 1. The fourth-order valence-corrected chi connectivity index (χ4v) is 6.09. The Morgan fingerprint density at radius 3 is 2.54 bits per heavy atom. The van der Waals surface area contributed by atoms with Crippen molar-refractivity contribution in [3.8, 4) is 5.75 Å². The molecule has 3 fully saturated rings. The van der Waals surface area contributed by atoms with Crippen molar-refractivity contribution < 1.29 is 9.84 Å². The second-order valence-electron chi connectivity index (χ2n) is 10.7. The number of hydrogen-bond acceptors (Lipinski definition) is 7. The van der Waals surface area contributed by atoms with Crippen LogP contribution < -0.4 is 15.4 Å². The van der Waals surface area contributed by atoms with E-state index in [0.717, 1.165) is 61.7 Å². The predicted octanol–water partition coefficient (Wildman–Crippen LogP) is 5.31. The van der Waals surface area contributed by atoms with Crippen molar-refractivity contribution in [3.05, 3.63) is 36.0 Å². The molecule has 0 amide bonds. The van der Waals surface area contributed by atoms with Crippen LogP contribution in [-0.4, -0.2) is 58.9 Å². The Bertz CT molecular complexity index is 948. The third kappa shape index (κ3) is 6.44. The van der Waals surface area contributed by atoms with E-state index in [1.165, 1.54) is 50.9 Å². The zero-order chi connectivity index (χ0) is 24.0. The van der Waals surface area contributed by atoms with E-state index in [1.54, 1.807) is 7.11 Å². The summed E-state index contributed by atoms with van der Waals surface area (Å²) in [4.78, 5) is 12.4. The molecule has 0 bridgehead atoms. The smallest absolute Gasteiger partial charge is 0.229 e. The number of ether oxygens (including phenoxy) is 1. The summed E-state index contributed by atoms with van der Waals surface area (Å²) in [6, 6.07) is 8.18. The number of aromatic nitrogens is 2. The zero-order valence-corrected chi connectivity index (χ0v) is 21.1. The van der Waals surface area contributed by atoms with E-state index in [0.29, 0.717) is 17.9 Å². The van der Waals surface area contributed by atoms with Gasteiger partial charge in [-0.15, -0.1) is 0 Å². The van der Waals surface area contributed by atoms with Gasteiger partial charge in [-0.2, -0.15) is 4.98 Å². The van der Waals surface area contributed by atoms with E-state index in [1.807, 2.05) is 30.5 Å². The van der Waals surface area contributed by atoms with Gasteiger partial charge >= 0.3 is 0 Å². The van der Waals surface area contributed by atoms with Crippen molar-refractivity contribution in [2.45, 2.75) is 82.3 Å². The van der Waals surface area contributed by atoms with Crippen LogP contribution in [0, 0.1) is 5.92 Å². The quantitative estimate of drug-likeness (QED) is 0.473. The highest BCUT2D eigenvalue weighted by Gasteiger charge is 2.28. The molecule has 1 aromatic heterocycles. The second-order valence-corrected chi connectivity index (χ2v) is 10.7. The average Bonchev–Trinajstić information content (AvgIpc) is 3.39. The van der Waals surface area contributed by atoms with E-state index in [-0.39, 0.29) is 6.10 Å². The monoisotopic (exact) mass is 479 g/mol. The number of hydrogen-bond donors (Lipinski definition) is 3. The molecule has 2 heterocycles. The molecule has 1 aromatic carbocycles. The van der Waals surface area contributed by atoms with E-state index >= 15 is 0 Å². The van der Waals surface area contributed by atoms with Gasteiger partial charge < -0.3 is 25.4 Å². The fourth-order valence-electron chi connectivity index (χ4n) is 6.09. The van der Waals surface area contributed by atoms with E-state index in [9.17, 15) is 5.11 Å². The minimum absolute atomic E-state index is 0.160. The van der Waals surface area contributed by atoms with Gasteiger partial charge in [-0.25, -0.2) is 4.98 Å². The van der Waals surface area contributed by atoms with Crippen molar-refractivity contribution in [1.29, 1.82) is 0 Å². The Balaban J connectivity index is 1.30. The van der Waals surface area contributed by atoms with Crippen LogP contribution in [0.4, 0.5) is 17.5 Å². The van der Waals surface area contributed by atoms with Gasteiger partial charge in [0.1, 0.15) is 11.6 Å². The number of rotatable bonds is 8. The predicted molar refractivity (Wildman–Crippen MR) is 141 cm³/mol. The van der Waals surface area contributed by atoms with Crippen molar-refractivity contribution in [1.82, 2.24) is 14.9 Å². The first-order valence-electron chi connectivity index (χ1n) is 13.6. The van der Waals surface area contributed by atoms with Gasteiger partial charge in [-0.1, -0.05) is 18.9 Å². The zero-order valence-electron chi connectivity index (χ0n) is 21.1. The first-order chi connectivity index (χ1) is 17.2. The van der Waals surface area contributed by atoms with Gasteiger partial charge in [-0.3, -0.25) is 0 Å². The first kappa shape index (κ1) is 24.3. The molecule has 2 aromatic rings. The van der Waals surface area contributed by atoms with E-state index < -0.39 is 0 Å². The SMILES string of the molecule is COc1cccc(Nc2ncc(C3CCN(CC4CCCC4)CC3)c(NC3CCC(O)CC3)n2)c1. The summed E-state index contributed by atoms with van der Waals surface area (Å²) in [7, 11) is 1.67. The highest BCUT2D eigenvalue weighted by molar-refractivity contribution is 5.58. The number of piperidine rings is 1. The van der Waals surface area contributed by atoms with Crippen molar-refractivity contribution in [2.75, 3.05) is 37.4 Å². The Labute approximate surface area is 209 Å². The molecular weight excluding hydrogens is 438 g/mol. The molecule has 0 spiro atoms.